The molecule has 3 heteroatoms. The van der Waals surface area contributed by atoms with E-state index in [0.29, 0.717) is 4.64 Å². The number of hydrogen-bond acceptors (Lipinski definition) is 2. The van der Waals surface area contributed by atoms with Crippen LogP contribution >= 0.6 is 12.2 Å². The molecule has 1 N–H and O–H groups in total. The molecule has 0 saturated heterocycles. The smallest absolute Gasteiger partial charge is 0.130 e. The summed E-state index contributed by atoms with van der Waals surface area (Å²) in [6.45, 7) is 0. The van der Waals surface area contributed by atoms with E-state index in [1.54, 1.807) is 0 Å². The zero-order chi connectivity index (χ0) is 13.8. The number of aromatic amines is 1. The van der Waals surface area contributed by atoms with Gasteiger partial charge in [0.2, 0.25) is 0 Å². The first-order valence-corrected chi connectivity index (χ1v) is 6.92. The monoisotopic (exact) mass is 278 g/mol. The highest BCUT2D eigenvalue weighted by Crippen LogP contribution is 2.17. The molecular weight excluding hydrogens is 264 g/mol. The average Bonchev–Trinajstić information content (AvgIpc) is 2.49. The number of nitrogens with zero attached hydrogens (tertiary/aromatic N) is 1. The standard InChI is InChI=1S/C17H14N2S/c20-17-12-15(14-9-5-2-6-10-14)18-16(19-17)11-13-7-3-1-4-8-13/h1-10,12H,11H2,(H,18,19,20). The third kappa shape index (κ3) is 3.00. The highest BCUT2D eigenvalue weighted by atomic mass is 32.1. The van der Waals surface area contributed by atoms with E-state index in [2.05, 4.69) is 34.2 Å². The highest BCUT2D eigenvalue weighted by Gasteiger charge is 2.02. The minimum atomic E-state index is 0.619. The molecule has 0 aliphatic carbocycles. The van der Waals surface area contributed by atoms with Crippen molar-refractivity contribution in [1.29, 1.82) is 0 Å². The van der Waals surface area contributed by atoms with Crippen LogP contribution in [0.1, 0.15) is 11.4 Å². The molecule has 0 fully saturated rings. The topological polar surface area (TPSA) is 28.7 Å². The quantitative estimate of drug-likeness (QED) is 0.719. The van der Waals surface area contributed by atoms with E-state index >= 15 is 0 Å². The third-order valence-electron chi connectivity index (χ3n) is 3.09. The maximum atomic E-state index is 5.27. The van der Waals surface area contributed by atoms with Crippen LogP contribution in [0, 0.1) is 4.64 Å². The van der Waals surface area contributed by atoms with Gasteiger partial charge in [-0.1, -0.05) is 72.9 Å². The highest BCUT2D eigenvalue weighted by molar-refractivity contribution is 7.71. The second kappa shape index (κ2) is 5.80. The fraction of sp³-hybridized carbons (Fsp3) is 0.0588. The Balaban J connectivity index is 1.97. The number of nitrogens with one attached hydrogen (secondary N) is 1. The van der Waals surface area contributed by atoms with Crippen LogP contribution in [0.25, 0.3) is 11.3 Å². The summed E-state index contributed by atoms with van der Waals surface area (Å²) < 4.78 is 0.619. The summed E-state index contributed by atoms with van der Waals surface area (Å²) in [6, 6.07) is 22.3. The van der Waals surface area contributed by atoms with Gasteiger partial charge in [0.15, 0.2) is 0 Å². The lowest BCUT2D eigenvalue weighted by Gasteiger charge is -2.06. The minimum Gasteiger partial charge on any atom is -0.343 e. The average molecular weight is 278 g/mol. The molecule has 0 amide bonds. The van der Waals surface area contributed by atoms with Gasteiger partial charge in [-0.15, -0.1) is 0 Å². The van der Waals surface area contributed by atoms with E-state index in [-0.39, 0.29) is 0 Å². The van der Waals surface area contributed by atoms with Crippen LogP contribution in [0.15, 0.2) is 66.7 Å². The van der Waals surface area contributed by atoms with Crippen molar-refractivity contribution in [3.8, 4) is 11.3 Å². The van der Waals surface area contributed by atoms with Crippen molar-refractivity contribution in [3.63, 3.8) is 0 Å². The molecule has 20 heavy (non-hydrogen) atoms. The molecule has 0 saturated carbocycles. The zero-order valence-electron chi connectivity index (χ0n) is 10.9. The Hall–Kier alpha value is -2.26. The first kappa shape index (κ1) is 12.8. The van der Waals surface area contributed by atoms with Crippen molar-refractivity contribution in [2.75, 3.05) is 0 Å². The molecule has 0 spiro atoms. The van der Waals surface area contributed by atoms with Crippen LogP contribution in [0.4, 0.5) is 0 Å². The third-order valence-corrected chi connectivity index (χ3v) is 3.30. The van der Waals surface area contributed by atoms with Crippen molar-refractivity contribution >= 4 is 12.2 Å². The lowest BCUT2D eigenvalue weighted by atomic mass is 10.1. The van der Waals surface area contributed by atoms with E-state index in [1.807, 2.05) is 42.5 Å². The predicted molar refractivity (Wildman–Crippen MR) is 84.1 cm³/mol. The fourth-order valence-corrected chi connectivity index (χ4v) is 2.38. The van der Waals surface area contributed by atoms with E-state index in [1.165, 1.54) is 5.56 Å². The lowest BCUT2D eigenvalue weighted by molar-refractivity contribution is 0.964. The minimum absolute atomic E-state index is 0.619. The molecule has 0 atom stereocenters. The summed E-state index contributed by atoms with van der Waals surface area (Å²) >= 11 is 5.27. The summed E-state index contributed by atoms with van der Waals surface area (Å²) in [4.78, 5) is 7.79. The van der Waals surface area contributed by atoms with Crippen LogP contribution in [0.5, 0.6) is 0 Å². The maximum absolute atomic E-state index is 5.27. The zero-order valence-corrected chi connectivity index (χ0v) is 11.7. The lowest BCUT2D eigenvalue weighted by Crippen LogP contribution is -1.98. The molecule has 2 aromatic carbocycles. The molecule has 0 bridgehead atoms. The molecule has 3 rings (SSSR count). The van der Waals surface area contributed by atoms with E-state index in [9.17, 15) is 0 Å². The van der Waals surface area contributed by atoms with E-state index in [0.717, 1.165) is 23.5 Å². The van der Waals surface area contributed by atoms with Crippen LogP contribution in [0.3, 0.4) is 0 Å². The van der Waals surface area contributed by atoms with Crippen LogP contribution in [-0.4, -0.2) is 9.97 Å². The van der Waals surface area contributed by atoms with Crippen molar-refractivity contribution in [2.24, 2.45) is 0 Å². The van der Waals surface area contributed by atoms with Crippen molar-refractivity contribution < 1.29 is 0 Å². The molecule has 3 aromatic rings. The normalized spacial score (nSPS) is 10.4. The summed E-state index contributed by atoms with van der Waals surface area (Å²) in [6.07, 6.45) is 0.755. The first-order valence-electron chi connectivity index (χ1n) is 6.51. The SMILES string of the molecule is S=c1cc(-c2ccccc2)[nH]c(Cc2ccccc2)n1. The molecular formula is C17H14N2S. The summed E-state index contributed by atoms with van der Waals surface area (Å²) in [5.74, 6) is 0.891. The molecule has 2 nitrogen and oxygen atoms in total. The fourth-order valence-electron chi connectivity index (χ4n) is 2.15. The summed E-state index contributed by atoms with van der Waals surface area (Å²) in [5, 5.41) is 0. The Kier molecular flexibility index (Phi) is 3.70. The number of benzene rings is 2. The van der Waals surface area contributed by atoms with Gasteiger partial charge in [0.25, 0.3) is 0 Å². The maximum Gasteiger partial charge on any atom is 0.130 e. The van der Waals surface area contributed by atoms with Crippen LogP contribution in [-0.2, 0) is 6.42 Å². The second-order valence-electron chi connectivity index (χ2n) is 4.61. The number of aromatic nitrogens is 2. The van der Waals surface area contributed by atoms with Crippen molar-refractivity contribution in [1.82, 2.24) is 9.97 Å². The molecule has 1 heterocycles. The van der Waals surface area contributed by atoms with Gasteiger partial charge in [-0.3, -0.25) is 0 Å². The van der Waals surface area contributed by atoms with Gasteiger partial charge < -0.3 is 4.98 Å². The van der Waals surface area contributed by atoms with Crippen molar-refractivity contribution in [3.05, 3.63) is 82.8 Å². The van der Waals surface area contributed by atoms with Gasteiger partial charge in [0.1, 0.15) is 10.5 Å². The van der Waals surface area contributed by atoms with Gasteiger partial charge in [-0.2, -0.15) is 0 Å². The molecule has 0 aliphatic rings. The van der Waals surface area contributed by atoms with Crippen LogP contribution in [0.2, 0.25) is 0 Å². The van der Waals surface area contributed by atoms with E-state index in [4.69, 9.17) is 12.2 Å². The van der Waals surface area contributed by atoms with Gasteiger partial charge in [-0.25, -0.2) is 4.98 Å². The Morgan fingerprint density at radius 3 is 2.25 bits per heavy atom. The molecule has 0 aliphatic heterocycles. The van der Waals surface area contributed by atoms with Gasteiger partial charge in [-0.05, 0) is 17.2 Å². The molecule has 1 aromatic heterocycles. The molecule has 0 radical (unpaired) electrons. The van der Waals surface area contributed by atoms with Gasteiger partial charge in [0, 0.05) is 12.1 Å². The molecule has 98 valence electrons. The Bertz CT molecular complexity index is 749. The number of H-pyrrole nitrogens is 1. The van der Waals surface area contributed by atoms with Gasteiger partial charge >= 0.3 is 0 Å². The van der Waals surface area contributed by atoms with Crippen molar-refractivity contribution in [2.45, 2.75) is 6.42 Å². The van der Waals surface area contributed by atoms with Gasteiger partial charge in [0.05, 0.1) is 0 Å². The summed E-state index contributed by atoms with van der Waals surface area (Å²) in [7, 11) is 0. The Labute approximate surface area is 123 Å². The Morgan fingerprint density at radius 1 is 0.900 bits per heavy atom. The number of hydrogen-bond donors (Lipinski definition) is 1. The van der Waals surface area contributed by atoms with E-state index < -0.39 is 0 Å². The van der Waals surface area contributed by atoms with Crippen LogP contribution < -0.4 is 0 Å². The second-order valence-corrected chi connectivity index (χ2v) is 5.03. The number of rotatable bonds is 3. The summed E-state index contributed by atoms with van der Waals surface area (Å²) in [5.41, 5.74) is 3.35. The largest absolute Gasteiger partial charge is 0.343 e. The molecule has 0 unspecified atom stereocenters. The first-order chi connectivity index (χ1) is 9.81. The predicted octanol–water partition coefficient (Wildman–Crippen LogP) is 4.40. The Morgan fingerprint density at radius 2 is 1.55 bits per heavy atom.